The molecule has 0 saturated heterocycles. The van der Waals surface area contributed by atoms with Crippen LogP contribution in [0, 0.1) is 0 Å². The number of rotatable bonds is 3. The van der Waals surface area contributed by atoms with E-state index in [9.17, 15) is 0 Å². The van der Waals surface area contributed by atoms with Crippen molar-refractivity contribution < 1.29 is 4.65 Å². The molecule has 0 aromatic heterocycles. The van der Waals surface area contributed by atoms with Gasteiger partial charge in [-0.1, -0.05) is 47.5 Å². The van der Waals surface area contributed by atoms with Crippen molar-refractivity contribution >= 4 is 41.0 Å². The first-order valence-electron chi connectivity index (χ1n) is 5.24. The molecule has 0 amide bonds. The van der Waals surface area contributed by atoms with Crippen molar-refractivity contribution in [2.45, 2.75) is 0 Å². The van der Waals surface area contributed by atoms with Gasteiger partial charge >= 0.3 is 6.92 Å². The molecule has 1 nitrogen and oxygen atoms in total. The number of benzene rings is 2. The minimum Gasteiger partial charge on any atom is -0.430 e. The van der Waals surface area contributed by atoms with Gasteiger partial charge in [-0.25, -0.2) is 0 Å². The molecule has 4 heteroatoms. The van der Waals surface area contributed by atoms with Gasteiger partial charge in [-0.3, -0.25) is 0 Å². The number of halogens is 2. The lowest BCUT2D eigenvalue weighted by Gasteiger charge is -2.12. The first-order chi connectivity index (χ1) is 8.20. The summed E-state index contributed by atoms with van der Waals surface area (Å²) >= 11 is 12.0. The van der Waals surface area contributed by atoms with Crippen molar-refractivity contribution in [3.63, 3.8) is 0 Å². The molecular formula is C13H11BCl2O. The average molecular weight is 265 g/mol. The predicted octanol–water partition coefficient (Wildman–Crippen LogP) is 2.75. The lowest BCUT2D eigenvalue weighted by molar-refractivity contribution is 0.439. The van der Waals surface area contributed by atoms with Gasteiger partial charge in [0.2, 0.25) is 0 Å². The Kier molecular flexibility index (Phi) is 4.11. The number of hydrogen-bond acceptors (Lipinski definition) is 1. The van der Waals surface area contributed by atoms with E-state index >= 15 is 0 Å². The Labute approximate surface area is 111 Å². The SMILES string of the molecule is COB(c1cccc(Cl)c1)c1cccc(Cl)c1. The second kappa shape index (κ2) is 5.59. The molecule has 0 aliphatic rings. The van der Waals surface area contributed by atoms with E-state index in [1.807, 2.05) is 48.5 Å². The van der Waals surface area contributed by atoms with Crippen LogP contribution in [0.3, 0.4) is 0 Å². The third-order valence-electron chi connectivity index (χ3n) is 2.54. The summed E-state index contributed by atoms with van der Waals surface area (Å²) in [5.74, 6) is 0. The molecule has 0 atom stereocenters. The Hall–Kier alpha value is -0.955. The zero-order valence-electron chi connectivity index (χ0n) is 9.36. The van der Waals surface area contributed by atoms with Crippen LogP contribution < -0.4 is 10.9 Å². The second-order valence-electron chi connectivity index (χ2n) is 3.73. The Morgan fingerprint density at radius 2 is 1.35 bits per heavy atom. The van der Waals surface area contributed by atoms with Crippen molar-refractivity contribution in [1.82, 2.24) is 0 Å². The van der Waals surface area contributed by atoms with Crippen LogP contribution in [-0.4, -0.2) is 14.0 Å². The zero-order chi connectivity index (χ0) is 12.3. The lowest BCUT2D eigenvalue weighted by Crippen LogP contribution is -2.44. The topological polar surface area (TPSA) is 9.23 Å². The van der Waals surface area contributed by atoms with Crippen LogP contribution in [0.15, 0.2) is 48.5 Å². The van der Waals surface area contributed by atoms with Crippen LogP contribution in [0.4, 0.5) is 0 Å². The van der Waals surface area contributed by atoms with E-state index in [1.54, 1.807) is 7.11 Å². The molecule has 0 fully saturated rings. The van der Waals surface area contributed by atoms with Crippen LogP contribution in [0.5, 0.6) is 0 Å². The maximum atomic E-state index is 5.98. The molecule has 0 spiro atoms. The Bertz CT molecular complexity index is 471. The first-order valence-corrected chi connectivity index (χ1v) is 6.00. The summed E-state index contributed by atoms with van der Waals surface area (Å²) in [6.07, 6.45) is 0. The van der Waals surface area contributed by atoms with E-state index in [-0.39, 0.29) is 6.92 Å². The molecular weight excluding hydrogens is 254 g/mol. The summed E-state index contributed by atoms with van der Waals surface area (Å²) in [5.41, 5.74) is 2.03. The van der Waals surface area contributed by atoms with E-state index in [2.05, 4.69) is 0 Å². The summed E-state index contributed by atoms with van der Waals surface area (Å²) < 4.78 is 5.52. The molecule has 0 radical (unpaired) electrons. The van der Waals surface area contributed by atoms with Crippen molar-refractivity contribution in [2.24, 2.45) is 0 Å². The minimum absolute atomic E-state index is 0.146. The largest absolute Gasteiger partial charge is 0.430 e. The minimum atomic E-state index is -0.146. The van der Waals surface area contributed by atoms with Gasteiger partial charge in [0.25, 0.3) is 0 Å². The highest BCUT2D eigenvalue weighted by Crippen LogP contribution is 2.07. The summed E-state index contributed by atoms with van der Waals surface area (Å²) in [4.78, 5) is 0. The standard InChI is InChI=1S/C13H11BCl2O/c1-17-14(10-4-2-6-12(15)8-10)11-5-3-7-13(16)9-11/h2-9H,1H3. The molecule has 17 heavy (non-hydrogen) atoms. The van der Waals surface area contributed by atoms with E-state index in [0.29, 0.717) is 10.0 Å². The smallest absolute Gasteiger partial charge is 0.361 e. The van der Waals surface area contributed by atoms with Crippen LogP contribution in [0.25, 0.3) is 0 Å². The quantitative estimate of drug-likeness (QED) is 0.775. The molecule has 2 aromatic rings. The van der Waals surface area contributed by atoms with Crippen molar-refractivity contribution in [3.8, 4) is 0 Å². The van der Waals surface area contributed by atoms with Gasteiger partial charge in [0.15, 0.2) is 0 Å². The first kappa shape index (κ1) is 12.5. The Balaban J connectivity index is 2.40. The average Bonchev–Trinajstić information content (AvgIpc) is 2.30. The van der Waals surface area contributed by atoms with Gasteiger partial charge in [0, 0.05) is 17.2 Å². The van der Waals surface area contributed by atoms with Crippen LogP contribution in [-0.2, 0) is 4.65 Å². The molecule has 86 valence electrons. The highest BCUT2D eigenvalue weighted by Gasteiger charge is 2.20. The van der Waals surface area contributed by atoms with Crippen molar-refractivity contribution in [2.75, 3.05) is 7.11 Å². The summed E-state index contributed by atoms with van der Waals surface area (Å²) in [6, 6.07) is 15.3. The third kappa shape index (κ3) is 3.03. The van der Waals surface area contributed by atoms with Gasteiger partial charge in [0.1, 0.15) is 0 Å². The van der Waals surface area contributed by atoms with Gasteiger partial charge in [-0.2, -0.15) is 0 Å². The van der Waals surface area contributed by atoms with Gasteiger partial charge in [-0.05, 0) is 35.2 Å². The van der Waals surface area contributed by atoms with Gasteiger partial charge in [-0.15, -0.1) is 0 Å². The summed E-state index contributed by atoms with van der Waals surface area (Å²) in [5, 5.41) is 1.40. The van der Waals surface area contributed by atoms with Gasteiger partial charge in [0.05, 0.1) is 0 Å². The Morgan fingerprint density at radius 3 is 1.71 bits per heavy atom. The molecule has 2 rings (SSSR count). The lowest BCUT2D eigenvalue weighted by atomic mass is 9.55. The molecule has 0 aliphatic heterocycles. The monoisotopic (exact) mass is 264 g/mol. The molecule has 0 saturated carbocycles. The molecule has 0 aliphatic carbocycles. The van der Waals surface area contributed by atoms with E-state index < -0.39 is 0 Å². The second-order valence-corrected chi connectivity index (χ2v) is 4.60. The zero-order valence-corrected chi connectivity index (χ0v) is 10.9. The molecule has 0 heterocycles. The molecule has 0 N–H and O–H groups in total. The molecule has 2 aromatic carbocycles. The van der Waals surface area contributed by atoms with Crippen LogP contribution in [0.2, 0.25) is 10.0 Å². The van der Waals surface area contributed by atoms with Crippen molar-refractivity contribution in [1.29, 1.82) is 0 Å². The normalized spacial score (nSPS) is 10.3. The fourth-order valence-corrected chi connectivity index (χ4v) is 2.20. The third-order valence-corrected chi connectivity index (χ3v) is 3.01. The summed E-state index contributed by atoms with van der Waals surface area (Å²) in [7, 11) is 1.67. The highest BCUT2D eigenvalue weighted by molar-refractivity contribution is 6.80. The van der Waals surface area contributed by atoms with E-state index in [4.69, 9.17) is 27.9 Å². The van der Waals surface area contributed by atoms with Gasteiger partial charge < -0.3 is 4.65 Å². The van der Waals surface area contributed by atoms with Crippen LogP contribution >= 0.6 is 23.2 Å². The highest BCUT2D eigenvalue weighted by atomic mass is 35.5. The van der Waals surface area contributed by atoms with Crippen molar-refractivity contribution in [3.05, 3.63) is 58.6 Å². The molecule has 0 bridgehead atoms. The maximum absolute atomic E-state index is 5.98. The fraction of sp³-hybridized carbons (Fsp3) is 0.0769. The maximum Gasteiger partial charge on any atom is 0.361 e. The molecule has 0 unspecified atom stereocenters. The van der Waals surface area contributed by atoms with Crippen LogP contribution in [0.1, 0.15) is 0 Å². The predicted molar refractivity (Wildman–Crippen MR) is 74.9 cm³/mol. The van der Waals surface area contributed by atoms with E-state index in [0.717, 1.165) is 10.9 Å². The Morgan fingerprint density at radius 1 is 0.882 bits per heavy atom. The van der Waals surface area contributed by atoms with E-state index in [1.165, 1.54) is 0 Å². The number of hydrogen-bond donors (Lipinski definition) is 0. The summed E-state index contributed by atoms with van der Waals surface area (Å²) in [6.45, 7) is -0.146. The fourth-order valence-electron chi connectivity index (χ4n) is 1.80.